The van der Waals surface area contributed by atoms with E-state index in [1.807, 2.05) is 24.3 Å². The molecule has 0 amide bonds. The van der Waals surface area contributed by atoms with E-state index in [0.29, 0.717) is 11.0 Å². The van der Waals surface area contributed by atoms with Crippen molar-refractivity contribution in [2.75, 3.05) is 0 Å². The molecule has 0 atom stereocenters. The van der Waals surface area contributed by atoms with Gasteiger partial charge in [0.05, 0.1) is 15.9 Å². The van der Waals surface area contributed by atoms with Crippen LogP contribution in [-0.2, 0) is 0 Å². The summed E-state index contributed by atoms with van der Waals surface area (Å²) in [5, 5.41) is 3.58. The Morgan fingerprint density at radius 1 is 0.950 bits per heavy atom. The van der Waals surface area contributed by atoms with Crippen LogP contribution in [-0.4, -0.2) is 15.0 Å². The van der Waals surface area contributed by atoms with Gasteiger partial charge in [0.25, 0.3) is 0 Å². The number of hydrogen-bond donors (Lipinski definition) is 0. The van der Waals surface area contributed by atoms with Crippen molar-refractivity contribution in [1.29, 1.82) is 0 Å². The van der Waals surface area contributed by atoms with Crippen LogP contribution in [0.5, 0.6) is 0 Å². The zero-order valence-electron chi connectivity index (χ0n) is 10.2. The smallest absolute Gasteiger partial charge is 0.173 e. The van der Waals surface area contributed by atoms with Crippen molar-refractivity contribution in [1.82, 2.24) is 15.0 Å². The van der Waals surface area contributed by atoms with Crippen molar-refractivity contribution < 1.29 is 0 Å². The van der Waals surface area contributed by atoms with Crippen molar-refractivity contribution in [2.24, 2.45) is 0 Å². The molecule has 4 rings (SSSR count). The fraction of sp³-hybridized carbons (Fsp3) is 0. The van der Waals surface area contributed by atoms with Gasteiger partial charge in [0.1, 0.15) is 5.15 Å². The van der Waals surface area contributed by atoms with Gasteiger partial charge in [0.15, 0.2) is 5.82 Å². The molecule has 20 heavy (non-hydrogen) atoms. The Bertz CT molecular complexity index is 919. The molecule has 0 N–H and O–H groups in total. The largest absolute Gasteiger partial charge is 0.252 e. The highest BCUT2D eigenvalue weighted by molar-refractivity contribution is 7.13. The van der Waals surface area contributed by atoms with E-state index >= 15 is 0 Å². The number of halogens is 1. The minimum atomic E-state index is 0.476. The Morgan fingerprint density at radius 2 is 1.85 bits per heavy atom. The van der Waals surface area contributed by atoms with E-state index in [9.17, 15) is 0 Å². The zero-order chi connectivity index (χ0) is 13.5. The van der Waals surface area contributed by atoms with Crippen LogP contribution in [0.2, 0.25) is 5.15 Å². The minimum absolute atomic E-state index is 0.476. The van der Waals surface area contributed by atoms with Gasteiger partial charge in [-0.25, -0.2) is 9.97 Å². The fourth-order valence-corrected chi connectivity index (χ4v) is 3.05. The lowest BCUT2D eigenvalue weighted by Gasteiger charge is -2.06. The first-order valence-electron chi connectivity index (χ1n) is 6.07. The molecule has 0 saturated carbocycles. The molecule has 0 spiro atoms. The van der Waals surface area contributed by atoms with Crippen LogP contribution in [0.3, 0.4) is 0 Å². The first-order chi connectivity index (χ1) is 9.83. The topological polar surface area (TPSA) is 38.7 Å². The van der Waals surface area contributed by atoms with Crippen molar-refractivity contribution in [3.05, 3.63) is 53.3 Å². The van der Waals surface area contributed by atoms with Gasteiger partial charge in [-0.3, -0.25) is 4.98 Å². The number of benzene rings is 2. The molecule has 96 valence electrons. The number of thiazole rings is 1. The third-order valence-electron chi connectivity index (χ3n) is 3.20. The predicted molar refractivity (Wildman–Crippen MR) is 83.2 cm³/mol. The lowest BCUT2D eigenvalue weighted by Crippen LogP contribution is -1.91. The molecule has 0 fully saturated rings. The van der Waals surface area contributed by atoms with Crippen molar-refractivity contribution in [2.45, 2.75) is 0 Å². The molecule has 0 aliphatic rings. The van der Waals surface area contributed by atoms with E-state index in [2.05, 4.69) is 27.1 Å². The number of nitrogens with zero attached hydrogens (tertiary/aromatic N) is 3. The Kier molecular flexibility index (Phi) is 2.65. The van der Waals surface area contributed by atoms with Gasteiger partial charge < -0.3 is 0 Å². The summed E-state index contributed by atoms with van der Waals surface area (Å²) in [4.78, 5) is 14.0. The molecule has 0 aliphatic carbocycles. The number of hydrogen-bond acceptors (Lipinski definition) is 4. The normalized spacial score (nSPS) is 11.2. The molecule has 0 saturated heterocycles. The van der Waals surface area contributed by atoms with E-state index in [1.54, 1.807) is 11.7 Å². The van der Waals surface area contributed by atoms with Crippen molar-refractivity contribution >= 4 is 44.6 Å². The summed E-state index contributed by atoms with van der Waals surface area (Å²) in [6.45, 7) is 0. The summed E-state index contributed by atoms with van der Waals surface area (Å²) < 4.78 is 0. The molecular formula is C15H8ClN3S. The van der Waals surface area contributed by atoms with E-state index in [1.165, 1.54) is 11.3 Å². The first kappa shape index (κ1) is 11.8. The molecule has 2 aromatic heterocycles. The van der Waals surface area contributed by atoms with Crippen LogP contribution in [0, 0.1) is 0 Å². The molecule has 0 unspecified atom stereocenters. The quantitative estimate of drug-likeness (QED) is 0.382. The fourth-order valence-electron chi connectivity index (χ4n) is 2.26. The van der Waals surface area contributed by atoms with Crippen LogP contribution in [0.4, 0.5) is 0 Å². The van der Waals surface area contributed by atoms with E-state index in [-0.39, 0.29) is 0 Å². The van der Waals surface area contributed by atoms with Gasteiger partial charge in [0.2, 0.25) is 0 Å². The average molecular weight is 298 g/mol. The summed E-state index contributed by atoms with van der Waals surface area (Å²) in [5.41, 5.74) is 2.64. The number of aromatic nitrogens is 3. The third-order valence-corrected chi connectivity index (χ3v) is 4.25. The lowest BCUT2D eigenvalue weighted by molar-refractivity contribution is 1.24. The second kappa shape index (κ2) is 4.51. The van der Waals surface area contributed by atoms with Crippen molar-refractivity contribution in [3.63, 3.8) is 0 Å². The minimum Gasteiger partial charge on any atom is -0.252 e. The molecule has 5 heteroatoms. The Morgan fingerprint density at radius 3 is 2.70 bits per heavy atom. The third kappa shape index (κ3) is 1.77. The lowest BCUT2D eigenvalue weighted by atomic mass is 10.1. The van der Waals surface area contributed by atoms with E-state index in [4.69, 9.17) is 11.6 Å². The molecular weight excluding hydrogens is 290 g/mol. The standard InChI is InChI=1S/C15H8ClN3S/c16-14-11-6-5-9-3-1-2-4-10(9)13(11)18-15(19-14)12-7-17-8-20-12/h1-8H. The predicted octanol–water partition coefficient (Wildman–Crippen LogP) is 4.56. The molecule has 2 aromatic carbocycles. The van der Waals surface area contributed by atoms with Gasteiger partial charge >= 0.3 is 0 Å². The van der Waals surface area contributed by atoms with Gasteiger partial charge in [-0.1, -0.05) is 41.9 Å². The van der Waals surface area contributed by atoms with E-state index in [0.717, 1.165) is 26.6 Å². The molecule has 4 aromatic rings. The van der Waals surface area contributed by atoms with Crippen LogP contribution >= 0.6 is 22.9 Å². The molecule has 0 aliphatic heterocycles. The van der Waals surface area contributed by atoms with Gasteiger partial charge in [-0.05, 0) is 11.5 Å². The van der Waals surface area contributed by atoms with Gasteiger partial charge in [-0.2, -0.15) is 0 Å². The van der Waals surface area contributed by atoms with Crippen LogP contribution in [0.25, 0.3) is 32.4 Å². The van der Waals surface area contributed by atoms with E-state index < -0.39 is 0 Å². The van der Waals surface area contributed by atoms with Gasteiger partial charge in [0, 0.05) is 17.0 Å². The molecule has 3 nitrogen and oxygen atoms in total. The first-order valence-corrected chi connectivity index (χ1v) is 7.32. The highest BCUT2D eigenvalue weighted by Gasteiger charge is 2.11. The summed E-state index contributed by atoms with van der Waals surface area (Å²) in [5.74, 6) is 0.626. The maximum atomic E-state index is 6.31. The van der Waals surface area contributed by atoms with Crippen LogP contribution in [0.1, 0.15) is 0 Å². The summed E-state index contributed by atoms with van der Waals surface area (Å²) >= 11 is 7.82. The maximum Gasteiger partial charge on any atom is 0.173 e. The summed E-state index contributed by atoms with van der Waals surface area (Å²) in [6.07, 6.45) is 1.76. The SMILES string of the molecule is Clc1nc(-c2cncs2)nc2c1ccc1ccccc12. The van der Waals surface area contributed by atoms with Crippen LogP contribution < -0.4 is 0 Å². The maximum absolute atomic E-state index is 6.31. The average Bonchev–Trinajstić information content (AvgIpc) is 3.01. The number of fused-ring (bicyclic) bond motifs is 3. The second-order valence-corrected chi connectivity index (χ2v) is 5.63. The molecule has 2 heterocycles. The second-order valence-electron chi connectivity index (χ2n) is 4.39. The Hall–Kier alpha value is -2.04. The van der Waals surface area contributed by atoms with Gasteiger partial charge in [-0.15, -0.1) is 11.3 Å². The van der Waals surface area contributed by atoms with Crippen molar-refractivity contribution in [3.8, 4) is 10.7 Å². The summed E-state index contributed by atoms with van der Waals surface area (Å²) in [6, 6.07) is 12.1. The highest BCUT2D eigenvalue weighted by Crippen LogP contribution is 2.30. The Balaban J connectivity index is 2.14. The summed E-state index contributed by atoms with van der Waals surface area (Å²) in [7, 11) is 0. The number of rotatable bonds is 1. The highest BCUT2D eigenvalue weighted by atomic mass is 35.5. The molecule has 0 bridgehead atoms. The Labute approximate surface area is 123 Å². The zero-order valence-corrected chi connectivity index (χ0v) is 11.8. The molecule has 0 radical (unpaired) electrons. The monoisotopic (exact) mass is 297 g/mol. The van der Waals surface area contributed by atoms with Crippen LogP contribution in [0.15, 0.2) is 48.1 Å².